The molecule has 0 unspecified atom stereocenters. The van der Waals surface area contributed by atoms with E-state index in [-0.39, 0.29) is 5.82 Å². The van der Waals surface area contributed by atoms with Gasteiger partial charge in [-0.3, -0.25) is 0 Å². The van der Waals surface area contributed by atoms with E-state index >= 15 is 4.39 Å². The van der Waals surface area contributed by atoms with Crippen molar-refractivity contribution in [3.05, 3.63) is 59.4 Å². The molecule has 0 nitrogen and oxygen atoms in total. The minimum Gasteiger partial charge on any atom is -0.206 e. The fraction of sp³-hybridized carbons (Fsp3) is 0.613. The SMILES string of the molecule is CCC/C=C/C1CCC(C2CCC(CCc3ccc4cc(CC)ccc4c3F)CC2)CC1. The molecule has 2 saturated carbocycles. The zero-order chi connectivity index (χ0) is 22.3. The summed E-state index contributed by atoms with van der Waals surface area (Å²) in [6.45, 7) is 4.41. The van der Waals surface area contributed by atoms with Crippen molar-refractivity contribution in [2.24, 2.45) is 23.7 Å². The Hall–Kier alpha value is -1.63. The fourth-order valence-corrected chi connectivity index (χ4v) is 6.37. The third-order valence-corrected chi connectivity index (χ3v) is 8.57. The molecule has 0 aromatic heterocycles. The van der Waals surface area contributed by atoms with Crippen molar-refractivity contribution in [1.29, 1.82) is 0 Å². The Kier molecular flexibility index (Phi) is 8.44. The van der Waals surface area contributed by atoms with E-state index in [1.165, 1.54) is 69.8 Å². The highest BCUT2D eigenvalue weighted by molar-refractivity contribution is 5.84. The summed E-state index contributed by atoms with van der Waals surface area (Å²) in [5.41, 5.74) is 2.20. The Morgan fingerprint density at radius 1 is 0.875 bits per heavy atom. The standard InChI is InChI=1S/C31H43F/c1-3-5-6-7-24-8-14-26(15-9-24)27-16-10-25(11-17-27)12-18-28-19-20-29-22-23(4-2)13-21-30(29)31(28)32/h6-7,13,19-22,24-27H,3-5,8-12,14-18H2,1-2H3/b7-6+. The summed E-state index contributed by atoms with van der Waals surface area (Å²) in [7, 11) is 0. The zero-order valence-corrected chi connectivity index (χ0v) is 20.4. The summed E-state index contributed by atoms with van der Waals surface area (Å²) < 4.78 is 15.1. The van der Waals surface area contributed by atoms with Crippen molar-refractivity contribution in [2.45, 2.75) is 97.3 Å². The number of fused-ring (bicyclic) bond motifs is 1. The normalized spacial score (nSPS) is 26.7. The highest BCUT2D eigenvalue weighted by Gasteiger charge is 2.30. The molecule has 174 valence electrons. The number of hydrogen-bond acceptors (Lipinski definition) is 0. The van der Waals surface area contributed by atoms with Crippen LogP contribution in [0.5, 0.6) is 0 Å². The second kappa shape index (κ2) is 11.5. The van der Waals surface area contributed by atoms with Gasteiger partial charge in [-0.25, -0.2) is 4.39 Å². The van der Waals surface area contributed by atoms with Gasteiger partial charge in [0, 0.05) is 5.39 Å². The lowest BCUT2D eigenvalue weighted by atomic mass is 9.68. The lowest BCUT2D eigenvalue weighted by molar-refractivity contribution is 0.152. The molecule has 0 heterocycles. The zero-order valence-electron chi connectivity index (χ0n) is 20.4. The minimum atomic E-state index is 0.0172. The van der Waals surface area contributed by atoms with E-state index in [9.17, 15) is 0 Å². The molecule has 0 aliphatic heterocycles. The summed E-state index contributed by atoms with van der Waals surface area (Å²) in [5, 5.41) is 1.84. The molecule has 2 aromatic carbocycles. The largest absolute Gasteiger partial charge is 0.206 e. The number of allylic oxidation sites excluding steroid dienone is 2. The fourth-order valence-electron chi connectivity index (χ4n) is 6.37. The van der Waals surface area contributed by atoms with Gasteiger partial charge in [0.25, 0.3) is 0 Å². The molecule has 0 radical (unpaired) electrons. The van der Waals surface area contributed by atoms with Gasteiger partial charge in [0.1, 0.15) is 5.82 Å². The maximum absolute atomic E-state index is 15.1. The third kappa shape index (κ3) is 5.83. The van der Waals surface area contributed by atoms with Gasteiger partial charge < -0.3 is 0 Å². The molecule has 0 saturated heterocycles. The number of aryl methyl sites for hydroxylation is 2. The summed E-state index contributed by atoms with van der Waals surface area (Å²) >= 11 is 0. The predicted octanol–water partition coefficient (Wildman–Crippen LogP) is 9.44. The summed E-state index contributed by atoms with van der Waals surface area (Å²) in [4.78, 5) is 0. The van der Waals surface area contributed by atoms with Gasteiger partial charge >= 0.3 is 0 Å². The molecule has 0 atom stereocenters. The van der Waals surface area contributed by atoms with Crippen LogP contribution >= 0.6 is 0 Å². The van der Waals surface area contributed by atoms with Gasteiger partial charge in [0.15, 0.2) is 0 Å². The van der Waals surface area contributed by atoms with Crippen molar-refractivity contribution in [3.63, 3.8) is 0 Å². The molecule has 2 aromatic rings. The van der Waals surface area contributed by atoms with Gasteiger partial charge in [-0.1, -0.05) is 75.6 Å². The van der Waals surface area contributed by atoms with Crippen molar-refractivity contribution in [1.82, 2.24) is 0 Å². The number of benzene rings is 2. The Labute approximate surface area is 195 Å². The van der Waals surface area contributed by atoms with Crippen LogP contribution in [0.1, 0.15) is 95.6 Å². The van der Waals surface area contributed by atoms with E-state index in [0.29, 0.717) is 0 Å². The quantitative estimate of drug-likeness (QED) is 0.363. The smallest absolute Gasteiger partial charge is 0.134 e. The Balaban J connectivity index is 1.23. The molecule has 32 heavy (non-hydrogen) atoms. The highest BCUT2D eigenvalue weighted by atomic mass is 19.1. The van der Waals surface area contributed by atoms with Crippen LogP contribution in [0.4, 0.5) is 4.39 Å². The first-order valence-electron chi connectivity index (χ1n) is 13.5. The average Bonchev–Trinajstić information content (AvgIpc) is 2.84. The predicted molar refractivity (Wildman–Crippen MR) is 137 cm³/mol. The van der Waals surface area contributed by atoms with E-state index in [2.05, 4.69) is 44.2 Å². The number of rotatable bonds is 8. The van der Waals surface area contributed by atoms with Crippen LogP contribution in [-0.4, -0.2) is 0 Å². The summed E-state index contributed by atoms with van der Waals surface area (Å²) in [6.07, 6.45) is 21.7. The second-order valence-corrected chi connectivity index (χ2v) is 10.7. The topological polar surface area (TPSA) is 0 Å². The van der Waals surface area contributed by atoms with Crippen LogP contribution in [0.3, 0.4) is 0 Å². The summed E-state index contributed by atoms with van der Waals surface area (Å²) in [6, 6.07) is 10.4. The Morgan fingerprint density at radius 2 is 1.59 bits per heavy atom. The van der Waals surface area contributed by atoms with Crippen molar-refractivity contribution < 1.29 is 4.39 Å². The van der Waals surface area contributed by atoms with Crippen LogP contribution in [0.25, 0.3) is 10.8 Å². The van der Waals surface area contributed by atoms with E-state index in [1.807, 2.05) is 12.1 Å². The highest BCUT2D eigenvalue weighted by Crippen LogP contribution is 2.42. The van der Waals surface area contributed by atoms with Crippen LogP contribution < -0.4 is 0 Å². The third-order valence-electron chi connectivity index (χ3n) is 8.57. The molecule has 4 rings (SSSR count). The minimum absolute atomic E-state index is 0.0172. The molecule has 1 heteroatoms. The number of hydrogen-bond donors (Lipinski definition) is 0. The lowest BCUT2D eigenvalue weighted by Crippen LogP contribution is -2.25. The molecule has 2 aliphatic rings. The molecule has 0 N–H and O–H groups in total. The first-order chi connectivity index (χ1) is 15.7. The van der Waals surface area contributed by atoms with Gasteiger partial charge in [-0.05, 0) is 104 Å². The average molecular weight is 435 g/mol. The van der Waals surface area contributed by atoms with Crippen LogP contribution in [0.2, 0.25) is 0 Å². The van der Waals surface area contributed by atoms with E-state index in [1.54, 1.807) is 0 Å². The second-order valence-electron chi connectivity index (χ2n) is 10.7. The van der Waals surface area contributed by atoms with Crippen LogP contribution in [0.15, 0.2) is 42.5 Å². The Morgan fingerprint density at radius 3 is 2.28 bits per heavy atom. The van der Waals surface area contributed by atoms with Crippen LogP contribution in [0, 0.1) is 29.5 Å². The van der Waals surface area contributed by atoms with E-state index in [0.717, 1.165) is 59.3 Å². The van der Waals surface area contributed by atoms with E-state index in [4.69, 9.17) is 0 Å². The molecular weight excluding hydrogens is 391 g/mol. The van der Waals surface area contributed by atoms with Crippen molar-refractivity contribution in [3.8, 4) is 0 Å². The maximum Gasteiger partial charge on any atom is 0.134 e. The first-order valence-corrected chi connectivity index (χ1v) is 13.5. The molecule has 2 fully saturated rings. The lowest BCUT2D eigenvalue weighted by Gasteiger charge is -2.37. The van der Waals surface area contributed by atoms with Gasteiger partial charge in [0.2, 0.25) is 0 Å². The monoisotopic (exact) mass is 434 g/mol. The molecule has 0 spiro atoms. The van der Waals surface area contributed by atoms with Gasteiger partial charge in [0.05, 0.1) is 0 Å². The Bertz CT molecular complexity index is 879. The van der Waals surface area contributed by atoms with Crippen molar-refractivity contribution in [2.75, 3.05) is 0 Å². The van der Waals surface area contributed by atoms with Gasteiger partial charge in [-0.2, -0.15) is 0 Å². The number of unbranched alkanes of at least 4 members (excludes halogenated alkanes) is 1. The number of halogens is 1. The molecule has 2 aliphatic carbocycles. The van der Waals surface area contributed by atoms with Crippen LogP contribution in [-0.2, 0) is 12.8 Å². The molecule has 0 bridgehead atoms. The molecule has 0 amide bonds. The maximum atomic E-state index is 15.1. The van der Waals surface area contributed by atoms with Gasteiger partial charge in [-0.15, -0.1) is 0 Å². The van der Waals surface area contributed by atoms with Crippen molar-refractivity contribution >= 4 is 10.8 Å². The first kappa shape index (κ1) is 23.5. The summed E-state index contributed by atoms with van der Waals surface area (Å²) in [5.74, 6) is 3.58. The van der Waals surface area contributed by atoms with E-state index < -0.39 is 0 Å². The molecular formula is C31H43F.